The van der Waals surface area contributed by atoms with Crippen molar-refractivity contribution in [1.82, 2.24) is 20.1 Å². The lowest BCUT2D eigenvalue weighted by Gasteiger charge is -2.09. The Kier molecular flexibility index (Phi) is 5.09. The van der Waals surface area contributed by atoms with Gasteiger partial charge in [-0.1, -0.05) is 48.2 Å². The highest BCUT2D eigenvalue weighted by molar-refractivity contribution is 7.99. The summed E-state index contributed by atoms with van der Waals surface area (Å²) in [4.78, 5) is 12.6. The van der Waals surface area contributed by atoms with Crippen molar-refractivity contribution in [2.24, 2.45) is 0 Å². The number of hydrogen-bond donors (Lipinski definition) is 1. The molecule has 1 aromatic carbocycles. The number of aromatic nitrogens is 3. The van der Waals surface area contributed by atoms with Crippen LogP contribution in [-0.4, -0.2) is 33.5 Å². The first kappa shape index (κ1) is 15.8. The van der Waals surface area contributed by atoms with E-state index in [9.17, 15) is 4.79 Å². The largest absolute Gasteiger partial charge is 0.358 e. The average molecular weight is 344 g/mol. The molecule has 0 fully saturated rings. The Morgan fingerprint density at radius 1 is 1.22 bits per heavy atom. The molecule has 118 valence electrons. The third-order valence-corrected chi connectivity index (χ3v) is 5.09. The minimum atomic E-state index is -0.0260. The molecule has 0 saturated carbocycles. The summed E-state index contributed by atoms with van der Waals surface area (Å²) in [6.45, 7) is 0.678. The van der Waals surface area contributed by atoms with E-state index in [1.54, 1.807) is 18.4 Å². The second-order valence-corrected chi connectivity index (χ2v) is 6.71. The van der Waals surface area contributed by atoms with E-state index in [1.807, 2.05) is 35.7 Å². The van der Waals surface area contributed by atoms with Crippen LogP contribution >= 0.6 is 23.1 Å². The molecule has 1 N–H and O–H groups in total. The van der Waals surface area contributed by atoms with Gasteiger partial charge in [-0.25, -0.2) is 0 Å². The Hall–Kier alpha value is -2.12. The van der Waals surface area contributed by atoms with Crippen LogP contribution in [-0.2, 0) is 11.3 Å². The molecule has 0 aliphatic rings. The van der Waals surface area contributed by atoms with Crippen LogP contribution in [0.4, 0.5) is 0 Å². The van der Waals surface area contributed by atoms with Crippen LogP contribution in [0.15, 0.2) is 53.0 Å². The summed E-state index contributed by atoms with van der Waals surface area (Å²) in [5.41, 5.74) is 1.17. The molecular weight excluding hydrogens is 328 g/mol. The average Bonchev–Trinajstić information content (AvgIpc) is 3.23. The van der Waals surface area contributed by atoms with Gasteiger partial charge in [-0.2, -0.15) is 0 Å². The summed E-state index contributed by atoms with van der Waals surface area (Å²) in [7, 11) is 1.63. The lowest BCUT2D eigenvalue weighted by molar-refractivity contribution is -0.118. The van der Waals surface area contributed by atoms with Crippen LogP contribution < -0.4 is 5.32 Å². The SMILES string of the molecule is CNC(=O)CSc1nnc(-c2cccs2)n1Cc1ccccc1. The lowest BCUT2D eigenvalue weighted by Crippen LogP contribution is -2.20. The van der Waals surface area contributed by atoms with E-state index in [2.05, 4.69) is 32.2 Å². The monoisotopic (exact) mass is 344 g/mol. The van der Waals surface area contributed by atoms with Gasteiger partial charge in [0.2, 0.25) is 5.91 Å². The second kappa shape index (κ2) is 7.43. The first-order valence-electron chi connectivity index (χ1n) is 7.12. The maximum atomic E-state index is 11.5. The number of carbonyl (C=O) groups is 1. The van der Waals surface area contributed by atoms with Crippen LogP contribution in [0, 0.1) is 0 Å². The molecule has 0 unspecified atom stereocenters. The van der Waals surface area contributed by atoms with Gasteiger partial charge >= 0.3 is 0 Å². The Balaban J connectivity index is 1.91. The Bertz CT molecular complexity index is 769. The predicted octanol–water partition coefficient (Wildman–Crippen LogP) is 2.89. The molecule has 23 heavy (non-hydrogen) atoms. The topological polar surface area (TPSA) is 59.8 Å². The van der Waals surface area contributed by atoms with Crippen molar-refractivity contribution in [1.29, 1.82) is 0 Å². The molecule has 2 aromatic heterocycles. The second-order valence-electron chi connectivity index (χ2n) is 4.82. The summed E-state index contributed by atoms with van der Waals surface area (Å²) in [5, 5.41) is 14.0. The minimum Gasteiger partial charge on any atom is -0.358 e. The highest BCUT2D eigenvalue weighted by Crippen LogP contribution is 2.28. The number of benzene rings is 1. The van der Waals surface area contributed by atoms with Crippen molar-refractivity contribution in [3.63, 3.8) is 0 Å². The number of amides is 1. The molecule has 7 heteroatoms. The molecule has 0 saturated heterocycles. The van der Waals surface area contributed by atoms with Crippen molar-refractivity contribution < 1.29 is 4.79 Å². The summed E-state index contributed by atoms with van der Waals surface area (Å²) in [6.07, 6.45) is 0. The van der Waals surface area contributed by atoms with Gasteiger partial charge in [0.25, 0.3) is 0 Å². The van der Waals surface area contributed by atoms with Gasteiger partial charge in [-0.15, -0.1) is 21.5 Å². The Morgan fingerprint density at radius 2 is 2.04 bits per heavy atom. The van der Waals surface area contributed by atoms with Crippen LogP contribution in [0.2, 0.25) is 0 Å². The number of thiophene rings is 1. The van der Waals surface area contributed by atoms with Crippen molar-refractivity contribution in [2.45, 2.75) is 11.7 Å². The van der Waals surface area contributed by atoms with Crippen molar-refractivity contribution in [2.75, 3.05) is 12.8 Å². The van der Waals surface area contributed by atoms with Gasteiger partial charge < -0.3 is 5.32 Å². The van der Waals surface area contributed by atoms with Gasteiger partial charge in [0.15, 0.2) is 11.0 Å². The molecular formula is C16H16N4OS2. The molecule has 0 radical (unpaired) electrons. The maximum absolute atomic E-state index is 11.5. The molecule has 3 aromatic rings. The van der Waals surface area contributed by atoms with Gasteiger partial charge in [0.05, 0.1) is 17.2 Å². The predicted molar refractivity (Wildman–Crippen MR) is 93.7 cm³/mol. The third kappa shape index (κ3) is 3.80. The van der Waals surface area contributed by atoms with E-state index in [4.69, 9.17) is 0 Å². The fraction of sp³-hybridized carbons (Fsp3) is 0.188. The van der Waals surface area contributed by atoms with E-state index in [-0.39, 0.29) is 5.91 Å². The zero-order chi connectivity index (χ0) is 16.1. The molecule has 0 atom stereocenters. The number of rotatable bonds is 6. The minimum absolute atomic E-state index is 0.0260. The van der Waals surface area contributed by atoms with E-state index < -0.39 is 0 Å². The zero-order valence-corrected chi connectivity index (χ0v) is 14.2. The standard InChI is InChI=1S/C16H16N4OS2/c1-17-14(21)11-23-16-19-18-15(13-8-5-9-22-13)20(16)10-12-6-3-2-4-7-12/h2-9H,10-11H2,1H3,(H,17,21). The fourth-order valence-corrected chi connectivity index (χ4v) is 3.62. The van der Waals surface area contributed by atoms with Crippen molar-refractivity contribution >= 4 is 29.0 Å². The molecule has 0 aliphatic heterocycles. The number of thioether (sulfide) groups is 1. The number of nitrogens with zero attached hydrogens (tertiary/aromatic N) is 3. The highest BCUT2D eigenvalue weighted by atomic mass is 32.2. The van der Waals surface area contributed by atoms with E-state index in [0.717, 1.165) is 15.9 Å². The summed E-state index contributed by atoms with van der Waals surface area (Å²) < 4.78 is 2.06. The van der Waals surface area contributed by atoms with Crippen molar-refractivity contribution in [3.05, 3.63) is 53.4 Å². The van der Waals surface area contributed by atoms with Crippen LogP contribution in [0.3, 0.4) is 0 Å². The third-order valence-electron chi connectivity index (χ3n) is 3.25. The smallest absolute Gasteiger partial charge is 0.230 e. The van der Waals surface area contributed by atoms with Crippen molar-refractivity contribution in [3.8, 4) is 10.7 Å². The highest BCUT2D eigenvalue weighted by Gasteiger charge is 2.16. The van der Waals surface area contributed by atoms with E-state index >= 15 is 0 Å². The van der Waals surface area contributed by atoms with Gasteiger partial charge in [-0.05, 0) is 17.0 Å². The quantitative estimate of drug-likeness (QED) is 0.699. The first-order chi connectivity index (χ1) is 11.3. The van der Waals surface area contributed by atoms with Crippen LogP contribution in [0.25, 0.3) is 10.7 Å². The fourth-order valence-electron chi connectivity index (χ4n) is 2.09. The van der Waals surface area contributed by atoms with E-state index in [0.29, 0.717) is 12.3 Å². The summed E-state index contributed by atoms with van der Waals surface area (Å²) in [6, 6.07) is 14.2. The van der Waals surface area contributed by atoms with Gasteiger partial charge in [0, 0.05) is 7.05 Å². The summed E-state index contributed by atoms with van der Waals surface area (Å²) >= 11 is 3.03. The lowest BCUT2D eigenvalue weighted by atomic mass is 10.2. The summed E-state index contributed by atoms with van der Waals surface area (Å²) in [5.74, 6) is 1.14. The first-order valence-corrected chi connectivity index (χ1v) is 8.99. The molecule has 3 rings (SSSR count). The Morgan fingerprint density at radius 3 is 2.74 bits per heavy atom. The number of carbonyl (C=O) groups excluding carboxylic acids is 1. The van der Waals surface area contributed by atoms with E-state index in [1.165, 1.54) is 17.3 Å². The van der Waals surface area contributed by atoms with Crippen LogP contribution in [0.1, 0.15) is 5.56 Å². The molecule has 5 nitrogen and oxygen atoms in total. The molecule has 1 amide bonds. The molecule has 0 spiro atoms. The molecule has 2 heterocycles. The van der Waals surface area contributed by atoms with Crippen LogP contribution in [0.5, 0.6) is 0 Å². The molecule has 0 bridgehead atoms. The Labute approximate surface area is 142 Å². The number of nitrogens with one attached hydrogen (secondary N) is 1. The zero-order valence-electron chi connectivity index (χ0n) is 12.6. The molecule has 0 aliphatic carbocycles. The number of hydrogen-bond acceptors (Lipinski definition) is 5. The maximum Gasteiger partial charge on any atom is 0.230 e. The van der Waals surface area contributed by atoms with Gasteiger partial charge in [0.1, 0.15) is 0 Å². The van der Waals surface area contributed by atoms with Gasteiger partial charge in [-0.3, -0.25) is 9.36 Å². The normalized spacial score (nSPS) is 10.7.